The van der Waals surface area contributed by atoms with Crippen LogP contribution in [0.25, 0.3) is 0 Å². The van der Waals surface area contributed by atoms with Gasteiger partial charge in [-0.05, 0) is 56.3 Å². The van der Waals surface area contributed by atoms with Crippen LogP contribution in [0.3, 0.4) is 0 Å². The van der Waals surface area contributed by atoms with Gasteiger partial charge in [0.2, 0.25) is 0 Å². The average Bonchev–Trinajstić information content (AvgIpc) is 3.60. The summed E-state index contributed by atoms with van der Waals surface area (Å²) in [4.78, 5) is 40.3. The van der Waals surface area contributed by atoms with Crippen LogP contribution < -0.4 is 16.8 Å². The van der Waals surface area contributed by atoms with Gasteiger partial charge in [0.15, 0.2) is 11.7 Å². The molecule has 5 N–H and O–H groups in total. The molecule has 2 fully saturated rings. The van der Waals surface area contributed by atoms with Gasteiger partial charge in [-0.3, -0.25) is 14.4 Å². The first-order chi connectivity index (χ1) is 16.3. The topological polar surface area (TPSA) is 163 Å². The second kappa shape index (κ2) is 10.5. The Morgan fingerprint density at radius 1 is 1.21 bits per heavy atom. The van der Waals surface area contributed by atoms with Gasteiger partial charge in [-0.1, -0.05) is 0 Å². The number of aryl methyl sites for hydroxylation is 1. The molecule has 34 heavy (non-hydrogen) atoms. The zero-order chi connectivity index (χ0) is 24.2. The number of anilines is 1. The van der Waals surface area contributed by atoms with E-state index in [1.807, 2.05) is 0 Å². The Hall–Kier alpha value is -2.96. The molecule has 3 unspecified atom stereocenters. The number of nitrogen functional groups attached to an aromatic ring is 1. The number of furan rings is 1. The lowest BCUT2D eigenvalue weighted by atomic mass is 10.1. The number of carbonyl (C=O) groups is 3. The summed E-state index contributed by atoms with van der Waals surface area (Å²) in [6.07, 6.45) is 3.08. The number of hydrogen-bond acceptors (Lipinski definition) is 9. The number of nitrogens with zero attached hydrogens (tertiary/aromatic N) is 2. The van der Waals surface area contributed by atoms with Crippen molar-refractivity contribution in [2.24, 2.45) is 5.73 Å². The number of nitrogens with two attached hydrogens (primary N) is 2. The van der Waals surface area contributed by atoms with Gasteiger partial charge in [-0.2, -0.15) is 4.37 Å². The summed E-state index contributed by atoms with van der Waals surface area (Å²) in [5, 5.41) is 2.91. The maximum absolute atomic E-state index is 13.7. The van der Waals surface area contributed by atoms with Gasteiger partial charge in [0.05, 0.1) is 17.9 Å². The average molecular weight is 492 g/mol. The lowest BCUT2D eigenvalue weighted by molar-refractivity contribution is -0.127. The molecule has 2 aliphatic rings. The van der Waals surface area contributed by atoms with Crippen molar-refractivity contribution in [1.29, 1.82) is 0 Å². The highest BCUT2D eigenvalue weighted by Crippen LogP contribution is 2.31. The maximum Gasteiger partial charge on any atom is 0.270 e. The third-order valence-corrected chi connectivity index (χ3v) is 6.81. The quantitative estimate of drug-likeness (QED) is 0.474. The van der Waals surface area contributed by atoms with Gasteiger partial charge in [-0.15, -0.1) is 0 Å². The Kier molecular flexibility index (Phi) is 7.49. The summed E-state index contributed by atoms with van der Waals surface area (Å²) >= 11 is 0.772. The minimum absolute atomic E-state index is 0.0343. The van der Waals surface area contributed by atoms with E-state index < -0.39 is 23.8 Å². The lowest BCUT2D eigenvalue weighted by Crippen LogP contribution is -2.47. The van der Waals surface area contributed by atoms with Crippen molar-refractivity contribution in [3.63, 3.8) is 0 Å². The third kappa shape index (κ3) is 5.24. The van der Waals surface area contributed by atoms with Crippen molar-refractivity contribution >= 4 is 34.9 Å². The molecule has 3 atom stereocenters. The Labute approximate surface area is 200 Å². The smallest absolute Gasteiger partial charge is 0.270 e. The predicted molar refractivity (Wildman–Crippen MR) is 123 cm³/mol. The van der Waals surface area contributed by atoms with E-state index in [0.29, 0.717) is 31.3 Å². The van der Waals surface area contributed by atoms with E-state index >= 15 is 0 Å². The summed E-state index contributed by atoms with van der Waals surface area (Å²) in [5.74, 6) is -0.874. The van der Waals surface area contributed by atoms with Crippen LogP contribution in [-0.2, 0) is 14.3 Å². The zero-order valence-electron chi connectivity index (χ0n) is 19.0. The number of carbonyl (C=O) groups excluding carboxylic acids is 3. The minimum atomic E-state index is -1.08. The van der Waals surface area contributed by atoms with E-state index in [4.69, 9.17) is 25.4 Å². The lowest BCUT2D eigenvalue weighted by Gasteiger charge is -2.31. The summed E-state index contributed by atoms with van der Waals surface area (Å²) in [6, 6.07) is 2.33. The Morgan fingerprint density at radius 2 is 1.91 bits per heavy atom. The second-order valence-corrected chi connectivity index (χ2v) is 9.24. The van der Waals surface area contributed by atoms with Crippen molar-refractivity contribution in [2.45, 2.75) is 50.9 Å². The zero-order valence-corrected chi connectivity index (χ0v) is 19.8. The number of nitrogens with one attached hydrogen (secondary N) is 1. The van der Waals surface area contributed by atoms with Crippen molar-refractivity contribution < 1.29 is 28.3 Å². The van der Waals surface area contributed by atoms with Crippen LogP contribution >= 0.6 is 11.5 Å². The number of hydrogen-bond donors (Lipinski definition) is 3. The van der Waals surface area contributed by atoms with E-state index in [1.165, 1.54) is 4.90 Å². The molecule has 11 nitrogen and oxygen atoms in total. The SMILES string of the molecule is Cc1ccc(C(C(=O)NCC2CCCO2)N(CC2CCCO2)C(=O)c2snc(C(N)=O)c2N)o1. The van der Waals surface area contributed by atoms with E-state index in [-0.39, 0.29) is 35.0 Å². The van der Waals surface area contributed by atoms with Crippen LogP contribution in [0.1, 0.15) is 63.4 Å². The Bertz CT molecular complexity index is 1040. The highest BCUT2D eigenvalue weighted by molar-refractivity contribution is 7.09. The van der Waals surface area contributed by atoms with E-state index in [0.717, 1.165) is 37.2 Å². The van der Waals surface area contributed by atoms with Crippen LogP contribution in [0.4, 0.5) is 5.69 Å². The van der Waals surface area contributed by atoms with Gasteiger partial charge >= 0.3 is 0 Å². The molecule has 0 aromatic carbocycles. The first-order valence-electron chi connectivity index (χ1n) is 11.3. The van der Waals surface area contributed by atoms with Gasteiger partial charge in [0.25, 0.3) is 17.7 Å². The summed E-state index contributed by atoms with van der Waals surface area (Å²) in [5.41, 5.74) is 11.1. The largest absolute Gasteiger partial charge is 0.464 e. The molecule has 4 rings (SSSR count). The highest BCUT2D eigenvalue weighted by Gasteiger charge is 2.38. The standard InChI is InChI=1S/C22H29N5O6S/c1-12-6-7-15(33-12)18(21(29)25-10-13-4-2-8-31-13)27(11-14-5-3-9-32-14)22(30)19-16(23)17(20(24)28)26-34-19/h6-7,13-14,18H,2-5,8-11,23H2,1H3,(H2,24,28)(H,25,29). The first-order valence-corrected chi connectivity index (χ1v) is 12.1. The third-order valence-electron chi connectivity index (χ3n) is 5.96. The highest BCUT2D eigenvalue weighted by atomic mass is 32.1. The fraction of sp³-hybridized carbons (Fsp3) is 0.545. The molecular formula is C22H29N5O6S. The molecule has 0 saturated carbocycles. The molecule has 4 heterocycles. The molecular weight excluding hydrogens is 462 g/mol. The molecule has 2 aromatic heterocycles. The van der Waals surface area contributed by atoms with E-state index in [1.54, 1.807) is 19.1 Å². The summed E-state index contributed by atoms with van der Waals surface area (Å²) in [6.45, 7) is 3.47. The maximum atomic E-state index is 13.7. The fourth-order valence-corrected chi connectivity index (χ4v) is 4.98. The van der Waals surface area contributed by atoms with Crippen LogP contribution in [0.2, 0.25) is 0 Å². The van der Waals surface area contributed by atoms with Crippen molar-refractivity contribution in [2.75, 3.05) is 32.0 Å². The monoisotopic (exact) mass is 491 g/mol. The van der Waals surface area contributed by atoms with Crippen molar-refractivity contribution in [3.8, 4) is 0 Å². The summed E-state index contributed by atoms with van der Waals surface area (Å²) < 4.78 is 21.1. The molecule has 2 aromatic rings. The molecule has 0 radical (unpaired) electrons. The number of ether oxygens (including phenoxy) is 2. The number of primary amides is 1. The number of amides is 3. The fourth-order valence-electron chi connectivity index (χ4n) is 4.21. The molecule has 12 heteroatoms. The van der Waals surface area contributed by atoms with E-state index in [2.05, 4.69) is 9.69 Å². The van der Waals surface area contributed by atoms with Crippen LogP contribution in [0, 0.1) is 6.92 Å². The molecule has 3 amide bonds. The van der Waals surface area contributed by atoms with Gasteiger partial charge in [0, 0.05) is 26.3 Å². The first kappa shape index (κ1) is 24.2. The Morgan fingerprint density at radius 3 is 2.47 bits per heavy atom. The molecule has 184 valence electrons. The van der Waals surface area contributed by atoms with Gasteiger partial charge < -0.3 is 35.6 Å². The predicted octanol–water partition coefficient (Wildman–Crippen LogP) is 1.38. The van der Waals surface area contributed by atoms with Crippen molar-refractivity contribution in [3.05, 3.63) is 34.2 Å². The van der Waals surface area contributed by atoms with Crippen LogP contribution in [0.5, 0.6) is 0 Å². The minimum Gasteiger partial charge on any atom is -0.464 e. The van der Waals surface area contributed by atoms with E-state index in [9.17, 15) is 14.4 Å². The molecule has 2 aliphatic heterocycles. The molecule has 2 saturated heterocycles. The van der Waals surface area contributed by atoms with Crippen LogP contribution in [-0.4, -0.2) is 65.5 Å². The molecule has 0 spiro atoms. The normalized spacial score (nSPS) is 20.9. The Balaban J connectivity index is 1.67. The van der Waals surface area contributed by atoms with Crippen LogP contribution in [0.15, 0.2) is 16.5 Å². The molecule has 0 bridgehead atoms. The number of aromatic nitrogens is 1. The summed E-state index contributed by atoms with van der Waals surface area (Å²) in [7, 11) is 0. The second-order valence-electron chi connectivity index (χ2n) is 8.46. The molecule has 0 aliphatic carbocycles. The number of rotatable bonds is 9. The van der Waals surface area contributed by atoms with Gasteiger partial charge in [-0.25, -0.2) is 0 Å². The van der Waals surface area contributed by atoms with Gasteiger partial charge in [0.1, 0.15) is 16.4 Å². The van der Waals surface area contributed by atoms with Crippen molar-refractivity contribution in [1.82, 2.24) is 14.6 Å².